The summed E-state index contributed by atoms with van der Waals surface area (Å²) in [6.07, 6.45) is 2.25. The van der Waals surface area contributed by atoms with Crippen LogP contribution in [0.15, 0.2) is 5.16 Å². The molecule has 0 fully saturated rings. The van der Waals surface area contributed by atoms with Crippen molar-refractivity contribution in [3.05, 3.63) is 17.0 Å². The molecule has 0 bridgehead atoms. The van der Waals surface area contributed by atoms with E-state index in [-0.39, 0.29) is 5.91 Å². The summed E-state index contributed by atoms with van der Waals surface area (Å²) in [6.45, 7) is 6.37. The van der Waals surface area contributed by atoms with Crippen LogP contribution in [0.2, 0.25) is 0 Å². The topological polar surface area (TPSA) is 72.2 Å². The molecule has 0 saturated carbocycles. The minimum Gasteiger partial charge on any atom is -0.356 e. The quantitative estimate of drug-likeness (QED) is 0.850. The Morgan fingerprint density at radius 3 is 2.74 bits per heavy atom. The summed E-state index contributed by atoms with van der Waals surface area (Å²) >= 11 is 1.47. The van der Waals surface area contributed by atoms with Gasteiger partial charge in [0.25, 0.3) is 5.78 Å². The van der Waals surface area contributed by atoms with Crippen LogP contribution in [-0.4, -0.2) is 38.3 Å². The summed E-state index contributed by atoms with van der Waals surface area (Å²) in [4.78, 5) is 20.5. The van der Waals surface area contributed by atoms with Gasteiger partial charge in [-0.05, 0) is 27.0 Å². The van der Waals surface area contributed by atoms with Gasteiger partial charge in [0.15, 0.2) is 0 Å². The molecule has 0 unspecified atom stereocenters. The largest absolute Gasteiger partial charge is 0.356 e. The number of carbonyl (C=O) groups excluding carboxylic acids is 1. The Balaban J connectivity index is 2.46. The second-order valence-corrected chi connectivity index (χ2v) is 4.98. The molecule has 0 radical (unpaired) electrons. The van der Waals surface area contributed by atoms with Crippen LogP contribution in [-0.2, 0) is 11.2 Å². The summed E-state index contributed by atoms with van der Waals surface area (Å²) < 4.78 is 1.70. The third kappa shape index (κ3) is 2.70. The Labute approximate surface area is 116 Å². The lowest BCUT2D eigenvalue weighted by Gasteiger charge is -2.09. The molecule has 2 aromatic heterocycles. The number of hydrogen-bond donors (Lipinski definition) is 1. The van der Waals surface area contributed by atoms with Gasteiger partial charge in [-0.15, -0.1) is 5.10 Å². The van der Waals surface area contributed by atoms with E-state index >= 15 is 0 Å². The standard InChI is InChI=1S/C12H17N5OS/c1-5-13-10(18)6-9-7(2)14-11-15-12(19-4)16-17(11)8(9)3/h5-6H2,1-4H3,(H,13,18). The third-order valence-corrected chi connectivity index (χ3v) is 3.46. The smallest absolute Gasteiger partial charge is 0.253 e. The highest BCUT2D eigenvalue weighted by Crippen LogP contribution is 2.17. The van der Waals surface area contributed by atoms with E-state index in [1.54, 1.807) is 4.52 Å². The molecule has 19 heavy (non-hydrogen) atoms. The zero-order valence-electron chi connectivity index (χ0n) is 11.5. The molecule has 7 heteroatoms. The lowest BCUT2D eigenvalue weighted by Crippen LogP contribution is -2.25. The van der Waals surface area contributed by atoms with Crippen molar-refractivity contribution in [3.63, 3.8) is 0 Å². The molecule has 1 amide bonds. The van der Waals surface area contributed by atoms with Crippen molar-refractivity contribution in [2.24, 2.45) is 0 Å². The Hall–Kier alpha value is -1.63. The van der Waals surface area contributed by atoms with Gasteiger partial charge < -0.3 is 5.32 Å². The van der Waals surface area contributed by atoms with Gasteiger partial charge >= 0.3 is 0 Å². The number of carbonyl (C=O) groups is 1. The zero-order valence-corrected chi connectivity index (χ0v) is 12.3. The maximum Gasteiger partial charge on any atom is 0.253 e. The second-order valence-electron chi connectivity index (χ2n) is 4.20. The first-order chi connectivity index (χ1) is 9.06. The molecule has 0 spiro atoms. The summed E-state index contributed by atoms with van der Waals surface area (Å²) in [6, 6.07) is 0. The fraction of sp³-hybridized carbons (Fsp3) is 0.500. The van der Waals surface area contributed by atoms with Crippen LogP contribution >= 0.6 is 11.8 Å². The molecular formula is C12H17N5OS. The highest BCUT2D eigenvalue weighted by molar-refractivity contribution is 7.98. The van der Waals surface area contributed by atoms with Crippen molar-refractivity contribution in [2.45, 2.75) is 32.3 Å². The number of hydrogen-bond acceptors (Lipinski definition) is 5. The average molecular weight is 279 g/mol. The molecule has 1 N–H and O–H groups in total. The highest BCUT2D eigenvalue weighted by atomic mass is 32.2. The lowest BCUT2D eigenvalue weighted by molar-refractivity contribution is -0.120. The van der Waals surface area contributed by atoms with Crippen LogP contribution in [0.4, 0.5) is 0 Å². The number of aromatic nitrogens is 4. The summed E-state index contributed by atoms with van der Waals surface area (Å²) in [5.74, 6) is 0.582. The van der Waals surface area contributed by atoms with E-state index in [1.165, 1.54) is 11.8 Å². The fourth-order valence-electron chi connectivity index (χ4n) is 1.95. The van der Waals surface area contributed by atoms with E-state index in [1.807, 2.05) is 27.0 Å². The van der Waals surface area contributed by atoms with E-state index in [4.69, 9.17) is 0 Å². The fourth-order valence-corrected chi connectivity index (χ4v) is 2.29. The van der Waals surface area contributed by atoms with Crippen molar-refractivity contribution >= 4 is 23.4 Å². The van der Waals surface area contributed by atoms with Gasteiger partial charge in [0.2, 0.25) is 11.1 Å². The predicted molar refractivity (Wildman–Crippen MR) is 74.4 cm³/mol. The number of amides is 1. The molecule has 2 rings (SSSR count). The molecule has 0 aliphatic carbocycles. The Morgan fingerprint density at radius 2 is 2.11 bits per heavy atom. The van der Waals surface area contributed by atoms with Crippen LogP contribution in [0.1, 0.15) is 23.9 Å². The van der Waals surface area contributed by atoms with Gasteiger partial charge in [-0.3, -0.25) is 4.79 Å². The normalized spacial score (nSPS) is 10.9. The summed E-state index contributed by atoms with van der Waals surface area (Å²) in [5.41, 5.74) is 2.66. The van der Waals surface area contributed by atoms with Gasteiger partial charge in [-0.1, -0.05) is 11.8 Å². The SMILES string of the molecule is CCNC(=O)Cc1c(C)nc2nc(SC)nn2c1C. The molecule has 2 aromatic rings. The predicted octanol–water partition coefficient (Wildman–Crippen LogP) is 1.14. The molecule has 0 saturated heterocycles. The van der Waals surface area contributed by atoms with E-state index in [0.29, 0.717) is 23.9 Å². The van der Waals surface area contributed by atoms with Crippen molar-refractivity contribution in [1.82, 2.24) is 24.9 Å². The molecule has 0 aliphatic rings. The van der Waals surface area contributed by atoms with Crippen molar-refractivity contribution in [3.8, 4) is 0 Å². The maximum absolute atomic E-state index is 11.7. The Kier molecular flexibility index (Phi) is 4.04. The zero-order chi connectivity index (χ0) is 14.0. The van der Waals surface area contributed by atoms with Crippen LogP contribution in [0, 0.1) is 13.8 Å². The summed E-state index contributed by atoms with van der Waals surface area (Å²) in [5, 5.41) is 7.84. The minimum atomic E-state index is 0.0000512. The van der Waals surface area contributed by atoms with Crippen LogP contribution in [0.5, 0.6) is 0 Å². The molecule has 0 aliphatic heterocycles. The number of nitrogens with zero attached hydrogens (tertiary/aromatic N) is 4. The molecular weight excluding hydrogens is 262 g/mol. The van der Waals surface area contributed by atoms with Gasteiger partial charge in [0, 0.05) is 23.5 Å². The maximum atomic E-state index is 11.7. The average Bonchev–Trinajstić information content (AvgIpc) is 2.78. The molecule has 0 atom stereocenters. The third-order valence-electron chi connectivity index (χ3n) is 2.92. The molecule has 102 valence electrons. The molecule has 0 aromatic carbocycles. The Morgan fingerprint density at radius 1 is 1.37 bits per heavy atom. The number of aryl methyl sites for hydroxylation is 2. The van der Waals surface area contributed by atoms with Crippen molar-refractivity contribution in [1.29, 1.82) is 0 Å². The van der Waals surface area contributed by atoms with E-state index in [9.17, 15) is 4.79 Å². The first-order valence-corrected chi connectivity index (χ1v) is 7.32. The molecule has 6 nitrogen and oxygen atoms in total. The first-order valence-electron chi connectivity index (χ1n) is 6.10. The number of rotatable bonds is 4. The first kappa shape index (κ1) is 13.8. The number of nitrogens with one attached hydrogen (secondary N) is 1. The number of likely N-dealkylation sites (N-methyl/N-ethyl adjacent to an activating group) is 1. The van der Waals surface area contributed by atoms with Gasteiger partial charge in [-0.25, -0.2) is 9.50 Å². The highest BCUT2D eigenvalue weighted by Gasteiger charge is 2.15. The van der Waals surface area contributed by atoms with Gasteiger partial charge in [-0.2, -0.15) is 4.98 Å². The Bertz CT molecular complexity index is 622. The van der Waals surface area contributed by atoms with Crippen LogP contribution < -0.4 is 5.32 Å². The number of thioether (sulfide) groups is 1. The minimum absolute atomic E-state index is 0.0000512. The van der Waals surface area contributed by atoms with E-state index in [2.05, 4.69) is 20.4 Å². The molecule has 2 heterocycles. The van der Waals surface area contributed by atoms with Crippen LogP contribution in [0.25, 0.3) is 5.78 Å². The monoisotopic (exact) mass is 279 g/mol. The second kappa shape index (κ2) is 5.56. The van der Waals surface area contributed by atoms with E-state index < -0.39 is 0 Å². The lowest BCUT2D eigenvalue weighted by atomic mass is 10.1. The van der Waals surface area contributed by atoms with Gasteiger partial charge in [0.05, 0.1) is 6.42 Å². The van der Waals surface area contributed by atoms with Gasteiger partial charge in [0.1, 0.15) is 0 Å². The van der Waals surface area contributed by atoms with Crippen molar-refractivity contribution < 1.29 is 4.79 Å². The van der Waals surface area contributed by atoms with Crippen molar-refractivity contribution in [2.75, 3.05) is 12.8 Å². The van der Waals surface area contributed by atoms with E-state index in [0.717, 1.165) is 17.0 Å². The van der Waals surface area contributed by atoms with Crippen LogP contribution in [0.3, 0.4) is 0 Å². The number of fused-ring (bicyclic) bond motifs is 1. The summed E-state index contributed by atoms with van der Waals surface area (Å²) in [7, 11) is 0.